The van der Waals surface area contributed by atoms with Gasteiger partial charge in [-0.2, -0.15) is 0 Å². The van der Waals surface area contributed by atoms with Gasteiger partial charge in [0.1, 0.15) is 0 Å². The maximum Gasteiger partial charge on any atom is 0.0582 e. The molecule has 3 heterocycles. The molecule has 0 saturated heterocycles. The Balaban J connectivity index is 0.948. The van der Waals surface area contributed by atoms with Gasteiger partial charge < -0.3 is 9.47 Å². The van der Waals surface area contributed by atoms with Crippen LogP contribution in [0, 0.1) is 0 Å². The molecular formula is C60H50N2. The van der Waals surface area contributed by atoms with E-state index in [1.807, 2.05) is 0 Å². The summed E-state index contributed by atoms with van der Waals surface area (Å²) in [6.45, 7) is 19.3. The van der Waals surface area contributed by atoms with Gasteiger partial charge in [0.15, 0.2) is 0 Å². The highest BCUT2D eigenvalue weighted by atomic mass is 15.1. The number of fused-ring (bicyclic) bond motifs is 7. The lowest BCUT2D eigenvalue weighted by atomic mass is 9.68. The second-order valence-electron chi connectivity index (χ2n) is 20.6. The summed E-state index contributed by atoms with van der Waals surface area (Å²) >= 11 is 0. The largest absolute Gasteiger partial charge is 0.310 e. The Labute approximate surface area is 365 Å². The van der Waals surface area contributed by atoms with Crippen molar-refractivity contribution in [1.29, 1.82) is 0 Å². The Morgan fingerprint density at radius 3 is 1.50 bits per heavy atom. The van der Waals surface area contributed by atoms with Crippen LogP contribution in [0.2, 0.25) is 0 Å². The summed E-state index contributed by atoms with van der Waals surface area (Å²) in [5, 5.41) is 2.71. The van der Waals surface area contributed by atoms with Gasteiger partial charge >= 0.3 is 0 Å². The number of rotatable bonds is 4. The number of hydrogen-bond donors (Lipinski definition) is 0. The minimum absolute atomic E-state index is 0.0820. The number of hydrogen-bond acceptors (Lipinski definition) is 1. The van der Waals surface area contributed by atoms with Crippen LogP contribution in [0.25, 0.3) is 60.9 Å². The van der Waals surface area contributed by atoms with E-state index in [0.29, 0.717) is 0 Å². The van der Waals surface area contributed by atoms with Crippen LogP contribution in [-0.2, 0) is 21.7 Å². The van der Waals surface area contributed by atoms with E-state index >= 15 is 0 Å². The zero-order valence-electron chi connectivity index (χ0n) is 36.9. The lowest BCUT2D eigenvalue weighted by Gasteiger charge is -2.42. The maximum absolute atomic E-state index is 2.63. The molecule has 0 N–H and O–H groups in total. The quantitative estimate of drug-likeness (QED) is 0.172. The lowest BCUT2D eigenvalue weighted by Crippen LogP contribution is -2.33. The molecule has 0 bridgehead atoms. The van der Waals surface area contributed by atoms with Gasteiger partial charge in [-0.15, -0.1) is 0 Å². The predicted molar refractivity (Wildman–Crippen MR) is 260 cm³/mol. The van der Waals surface area contributed by atoms with Crippen LogP contribution < -0.4 is 4.90 Å². The standard InChI is InChI=1S/C60H50N2/c1-57(2)46-20-13-12-18-40(46)42-28-25-38(33-51(42)57)61(37-16-10-9-11-17-37)39-26-29-43-41-27-24-35(31-50(41)60(7,8)52(43)34-39)36-30-45-44-19-14-21-47-54(44)62-55(45)53(32-36)59(5,6)49-23-15-22-48(56(49)62)58(47,3)4/h9-34H,1-8H3. The molecule has 2 aliphatic carbocycles. The van der Waals surface area contributed by atoms with E-state index in [1.54, 1.807) is 0 Å². The van der Waals surface area contributed by atoms with Crippen molar-refractivity contribution in [3.05, 3.63) is 202 Å². The third-order valence-electron chi connectivity index (χ3n) is 15.9. The number of benzene rings is 8. The van der Waals surface area contributed by atoms with Crippen LogP contribution in [0.3, 0.4) is 0 Å². The fraction of sp³-hybridized carbons (Fsp3) is 0.200. The summed E-state index contributed by atoms with van der Waals surface area (Å²) in [7, 11) is 0. The minimum atomic E-state index is -0.205. The van der Waals surface area contributed by atoms with Gasteiger partial charge in [-0.25, -0.2) is 0 Å². The molecule has 13 rings (SSSR count). The van der Waals surface area contributed by atoms with Crippen LogP contribution in [0.4, 0.5) is 17.1 Å². The van der Waals surface area contributed by atoms with Crippen molar-refractivity contribution in [3.63, 3.8) is 0 Å². The molecule has 0 atom stereocenters. The molecule has 9 aromatic rings. The molecule has 300 valence electrons. The predicted octanol–water partition coefficient (Wildman–Crippen LogP) is 15.8. The second kappa shape index (κ2) is 11.6. The summed E-state index contributed by atoms with van der Waals surface area (Å²) < 4.78 is 2.63. The summed E-state index contributed by atoms with van der Waals surface area (Å²) in [5.74, 6) is 0. The highest BCUT2D eigenvalue weighted by Gasteiger charge is 2.44. The Morgan fingerprint density at radius 2 is 0.806 bits per heavy atom. The minimum Gasteiger partial charge on any atom is -0.310 e. The normalized spacial score (nSPS) is 16.9. The molecule has 0 spiro atoms. The third-order valence-corrected chi connectivity index (χ3v) is 15.9. The first-order valence-corrected chi connectivity index (χ1v) is 22.4. The number of nitrogens with zero attached hydrogens (tertiary/aromatic N) is 2. The Morgan fingerprint density at radius 1 is 0.323 bits per heavy atom. The van der Waals surface area contributed by atoms with E-state index in [2.05, 4.69) is 223 Å². The van der Waals surface area contributed by atoms with Crippen molar-refractivity contribution in [2.75, 3.05) is 4.90 Å². The fourth-order valence-electron chi connectivity index (χ4n) is 12.5. The summed E-state index contributed by atoms with van der Waals surface area (Å²) in [5.41, 5.74) is 26.2. The Bertz CT molecular complexity index is 3460. The highest BCUT2D eigenvalue weighted by molar-refractivity contribution is 6.15. The van der Waals surface area contributed by atoms with Crippen LogP contribution in [0.5, 0.6) is 0 Å². The molecule has 0 unspecified atom stereocenters. The van der Waals surface area contributed by atoms with Gasteiger partial charge in [0.2, 0.25) is 0 Å². The monoisotopic (exact) mass is 798 g/mol. The zero-order chi connectivity index (χ0) is 42.2. The molecule has 0 amide bonds. The summed E-state index contributed by atoms with van der Waals surface area (Å²) in [4.78, 5) is 2.45. The molecule has 4 aliphatic rings. The molecule has 62 heavy (non-hydrogen) atoms. The van der Waals surface area contributed by atoms with Crippen molar-refractivity contribution < 1.29 is 0 Å². The molecule has 0 saturated carbocycles. The zero-order valence-corrected chi connectivity index (χ0v) is 36.9. The molecule has 2 nitrogen and oxygen atoms in total. The molecule has 0 fully saturated rings. The SMILES string of the molecule is CC1(C)c2ccccc2-c2ccc(N(c3ccccc3)c3ccc4c(c3)C(C)(C)c3cc(-c5cc6c7c(c5)c5cccc8c5n7-c5c(cccc5C6(C)C)C8(C)C)ccc3-4)cc21. The lowest BCUT2D eigenvalue weighted by molar-refractivity contribution is 0.594. The van der Waals surface area contributed by atoms with Gasteiger partial charge in [-0.3, -0.25) is 0 Å². The third kappa shape index (κ3) is 4.35. The van der Waals surface area contributed by atoms with E-state index < -0.39 is 0 Å². The smallest absolute Gasteiger partial charge is 0.0582 e. The molecule has 2 aliphatic heterocycles. The van der Waals surface area contributed by atoms with E-state index in [4.69, 9.17) is 0 Å². The second-order valence-corrected chi connectivity index (χ2v) is 20.6. The van der Waals surface area contributed by atoms with Crippen LogP contribution in [-0.4, -0.2) is 4.57 Å². The summed E-state index contributed by atoms with van der Waals surface area (Å²) in [6, 6.07) is 60.4. The van der Waals surface area contributed by atoms with Crippen molar-refractivity contribution in [1.82, 2.24) is 4.57 Å². The van der Waals surface area contributed by atoms with E-state index in [-0.39, 0.29) is 21.7 Å². The molecule has 8 aromatic carbocycles. The van der Waals surface area contributed by atoms with E-state index in [9.17, 15) is 0 Å². The van der Waals surface area contributed by atoms with Crippen LogP contribution >= 0.6 is 0 Å². The maximum atomic E-state index is 2.63. The van der Waals surface area contributed by atoms with Crippen LogP contribution in [0.1, 0.15) is 99.9 Å². The van der Waals surface area contributed by atoms with Gasteiger partial charge in [0.25, 0.3) is 0 Å². The topological polar surface area (TPSA) is 8.17 Å². The number of aromatic nitrogens is 1. The highest BCUT2D eigenvalue weighted by Crippen LogP contribution is 2.57. The number of anilines is 3. The van der Waals surface area contributed by atoms with Gasteiger partial charge in [0, 0.05) is 49.5 Å². The van der Waals surface area contributed by atoms with Crippen molar-refractivity contribution in [2.24, 2.45) is 0 Å². The average molecular weight is 799 g/mol. The molecular weight excluding hydrogens is 749 g/mol. The average Bonchev–Trinajstić information content (AvgIpc) is 3.82. The first-order chi connectivity index (χ1) is 29.8. The fourth-order valence-corrected chi connectivity index (χ4v) is 12.5. The van der Waals surface area contributed by atoms with E-state index in [0.717, 1.165) is 5.69 Å². The Kier molecular flexibility index (Phi) is 6.76. The van der Waals surface area contributed by atoms with Crippen molar-refractivity contribution >= 4 is 38.9 Å². The number of para-hydroxylation sites is 3. The molecule has 2 heteroatoms. The van der Waals surface area contributed by atoms with Crippen molar-refractivity contribution in [2.45, 2.75) is 77.0 Å². The first-order valence-electron chi connectivity index (χ1n) is 22.4. The van der Waals surface area contributed by atoms with Crippen LogP contribution in [0.15, 0.2) is 158 Å². The van der Waals surface area contributed by atoms with Crippen molar-refractivity contribution in [3.8, 4) is 39.1 Å². The van der Waals surface area contributed by atoms with Gasteiger partial charge in [-0.05, 0) is 132 Å². The Hall–Kier alpha value is -6.64. The van der Waals surface area contributed by atoms with Gasteiger partial charge in [0.05, 0.1) is 16.7 Å². The first kappa shape index (κ1) is 36.1. The summed E-state index contributed by atoms with van der Waals surface area (Å²) in [6.07, 6.45) is 0. The molecule has 0 radical (unpaired) electrons. The van der Waals surface area contributed by atoms with Gasteiger partial charge in [-0.1, -0.05) is 159 Å². The molecule has 1 aromatic heterocycles. The van der Waals surface area contributed by atoms with E-state index in [1.165, 1.54) is 117 Å².